The van der Waals surface area contributed by atoms with Gasteiger partial charge in [0.1, 0.15) is 5.56 Å². The van der Waals surface area contributed by atoms with E-state index < -0.39 is 5.97 Å². The number of halogens is 1. The van der Waals surface area contributed by atoms with Gasteiger partial charge in [0.05, 0.1) is 30.7 Å². The van der Waals surface area contributed by atoms with Crippen LogP contribution < -0.4 is 5.32 Å². The van der Waals surface area contributed by atoms with Crippen molar-refractivity contribution >= 4 is 29.4 Å². The Kier molecular flexibility index (Phi) is 8.43. The predicted octanol–water partition coefficient (Wildman–Crippen LogP) is 3.79. The Morgan fingerprint density at radius 2 is 1.74 bits per heavy atom. The molecule has 2 amide bonds. The number of carbonyl (C=O) groups excluding carboxylic acids is 3. The summed E-state index contributed by atoms with van der Waals surface area (Å²) in [5, 5.41) is 7.72. The Morgan fingerprint density at radius 3 is 2.35 bits per heavy atom. The van der Waals surface area contributed by atoms with Crippen LogP contribution in [0, 0.1) is 6.92 Å². The minimum atomic E-state index is -0.425. The van der Waals surface area contributed by atoms with Crippen molar-refractivity contribution < 1.29 is 19.1 Å². The van der Waals surface area contributed by atoms with Gasteiger partial charge in [-0.25, -0.2) is 9.48 Å². The van der Waals surface area contributed by atoms with E-state index in [4.69, 9.17) is 16.3 Å². The largest absolute Gasteiger partial charge is 0.462 e. The predicted molar refractivity (Wildman–Crippen MR) is 129 cm³/mol. The average molecular weight is 483 g/mol. The molecule has 0 aliphatic heterocycles. The first-order valence-corrected chi connectivity index (χ1v) is 11.3. The van der Waals surface area contributed by atoms with Crippen LogP contribution >= 0.6 is 11.6 Å². The number of ether oxygens (including phenoxy) is 1. The molecular weight excluding hydrogens is 456 g/mol. The summed E-state index contributed by atoms with van der Waals surface area (Å²) in [5.74, 6) is -0.925. The lowest BCUT2D eigenvalue weighted by Gasteiger charge is -2.20. The smallest absolute Gasteiger partial charge is 0.341 e. The van der Waals surface area contributed by atoms with Crippen LogP contribution in [0.25, 0.3) is 5.69 Å². The Labute approximate surface area is 203 Å². The highest BCUT2D eigenvalue weighted by Gasteiger charge is 2.19. The zero-order valence-corrected chi connectivity index (χ0v) is 20.1. The van der Waals surface area contributed by atoms with Gasteiger partial charge in [0.2, 0.25) is 5.91 Å². The summed E-state index contributed by atoms with van der Waals surface area (Å²) in [6.07, 6.45) is 1.47. The van der Waals surface area contributed by atoms with Gasteiger partial charge in [0.15, 0.2) is 0 Å². The Bertz CT molecular complexity index is 1160. The molecule has 0 radical (unpaired) electrons. The van der Waals surface area contributed by atoms with Crippen molar-refractivity contribution in [2.45, 2.75) is 27.3 Å². The summed E-state index contributed by atoms with van der Waals surface area (Å²) >= 11 is 5.88. The van der Waals surface area contributed by atoms with Crippen LogP contribution in [-0.2, 0) is 16.1 Å². The third kappa shape index (κ3) is 6.02. The van der Waals surface area contributed by atoms with Crippen molar-refractivity contribution in [2.24, 2.45) is 0 Å². The molecule has 1 N–H and O–H groups in total. The number of aromatic nitrogens is 2. The third-order valence-corrected chi connectivity index (χ3v) is 5.52. The number of carbonyl (C=O) groups is 3. The molecule has 9 heteroatoms. The number of hydrogen-bond acceptors (Lipinski definition) is 5. The molecule has 1 aromatic heterocycles. The lowest BCUT2D eigenvalue weighted by molar-refractivity contribution is -0.121. The van der Waals surface area contributed by atoms with E-state index in [-0.39, 0.29) is 25.0 Å². The second-order valence-corrected chi connectivity index (χ2v) is 7.98. The first kappa shape index (κ1) is 25.0. The number of amides is 2. The highest BCUT2D eigenvalue weighted by atomic mass is 35.5. The first-order valence-electron chi connectivity index (χ1n) is 11.0. The van der Waals surface area contributed by atoms with Gasteiger partial charge in [-0.15, -0.1) is 0 Å². The van der Waals surface area contributed by atoms with Gasteiger partial charge < -0.3 is 15.0 Å². The highest BCUT2D eigenvalue weighted by Crippen LogP contribution is 2.17. The normalized spacial score (nSPS) is 10.6. The van der Waals surface area contributed by atoms with Crippen LogP contribution in [0.5, 0.6) is 0 Å². The van der Waals surface area contributed by atoms with Crippen molar-refractivity contribution in [3.05, 3.63) is 82.1 Å². The average Bonchev–Trinajstić information content (AvgIpc) is 3.23. The fourth-order valence-corrected chi connectivity index (χ4v) is 3.49. The van der Waals surface area contributed by atoms with Gasteiger partial charge in [-0.1, -0.05) is 23.7 Å². The van der Waals surface area contributed by atoms with Gasteiger partial charge in [0.25, 0.3) is 5.91 Å². The van der Waals surface area contributed by atoms with E-state index in [1.54, 1.807) is 54.9 Å². The van der Waals surface area contributed by atoms with E-state index in [9.17, 15) is 14.4 Å². The SMILES string of the molecule is CCOC(=O)c1cnn(-c2ccc(C(=O)N(CC)CC(=O)NCc3ccc(Cl)cc3)cc2)c1C. The molecule has 3 aromatic rings. The van der Waals surface area contributed by atoms with E-state index in [1.165, 1.54) is 11.1 Å². The van der Waals surface area contributed by atoms with Crippen molar-refractivity contribution in [3.8, 4) is 5.69 Å². The van der Waals surface area contributed by atoms with E-state index in [2.05, 4.69) is 10.4 Å². The molecule has 0 saturated heterocycles. The van der Waals surface area contributed by atoms with Gasteiger partial charge in [-0.2, -0.15) is 5.10 Å². The number of rotatable bonds is 9. The maximum atomic E-state index is 13.0. The number of hydrogen-bond donors (Lipinski definition) is 1. The van der Waals surface area contributed by atoms with E-state index >= 15 is 0 Å². The quantitative estimate of drug-likeness (QED) is 0.468. The van der Waals surface area contributed by atoms with Crippen molar-refractivity contribution in [2.75, 3.05) is 19.7 Å². The summed E-state index contributed by atoms with van der Waals surface area (Å²) in [6.45, 7) is 6.32. The molecule has 0 aliphatic carbocycles. The molecule has 34 heavy (non-hydrogen) atoms. The maximum Gasteiger partial charge on any atom is 0.341 e. The molecular formula is C25H27ClN4O4. The summed E-state index contributed by atoms with van der Waals surface area (Å²) in [5.41, 5.74) is 3.11. The molecule has 0 unspecified atom stereocenters. The number of nitrogens with zero attached hydrogens (tertiary/aromatic N) is 3. The van der Waals surface area contributed by atoms with Gasteiger partial charge >= 0.3 is 5.97 Å². The van der Waals surface area contributed by atoms with Crippen LogP contribution in [0.4, 0.5) is 0 Å². The molecule has 0 aliphatic rings. The summed E-state index contributed by atoms with van der Waals surface area (Å²) in [7, 11) is 0. The highest BCUT2D eigenvalue weighted by molar-refractivity contribution is 6.30. The second-order valence-electron chi connectivity index (χ2n) is 7.55. The van der Waals surface area contributed by atoms with Crippen molar-refractivity contribution in [3.63, 3.8) is 0 Å². The molecule has 0 bridgehead atoms. The second kappa shape index (κ2) is 11.5. The molecule has 178 valence electrons. The molecule has 3 rings (SSSR count). The molecule has 8 nitrogen and oxygen atoms in total. The molecule has 0 saturated carbocycles. The fourth-order valence-electron chi connectivity index (χ4n) is 3.37. The molecule has 0 atom stereocenters. The van der Waals surface area contributed by atoms with Gasteiger partial charge in [-0.3, -0.25) is 9.59 Å². The van der Waals surface area contributed by atoms with Crippen LogP contribution in [-0.4, -0.2) is 52.2 Å². The van der Waals surface area contributed by atoms with Gasteiger partial charge in [0, 0.05) is 23.7 Å². The topological polar surface area (TPSA) is 93.5 Å². The summed E-state index contributed by atoms with van der Waals surface area (Å²) in [4.78, 5) is 38.8. The van der Waals surface area contributed by atoms with E-state index in [0.717, 1.165) is 5.56 Å². The zero-order chi connectivity index (χ0) is 24.7. The first-order chi connectivity index (χ1) is 16.3. The molecule has 0 fully saturated rings. The standard InChI is InChI=1S/C25H27ClN4O4/c1-4-29(16-23(31)27-14-18-6-10-20(26)11-7-18)24(32)19-8-12-21(13-9-19)30-17(3)22(15-28-30)25(33)34-5-2/h6-13,15H,4-5,14,16H2,1-3H3,(H,27,31). The molecule has 0 spiro atoms. The monoisotopic (exact) mass is 482 g/mol. The minimum absolute atomic E-state index is 0.0498. The summed E-state index contributed by atoms with van der Waals surface area (Å²) < 4.78 is 6.66. The fraction of sp³-hybridized carbons (Fsp3) is 0.280. The summed E-state index contributed by atoms with van der Waals surface area (Å²) in [6, 6.07) is 14.0. The van der Waals surface area contributed by atoms with Crippen LogP contribution in [0.15, 0.2) is 54.7 Å². The van der Waals surface area contributed by atoms with Gasteiger partial charge in [-0.05, 0) is 62.7 Å². The minimum Gasteiger partial charge on any atom is -0.462 e. The number of nitrogens with one attached hydrogen (secondary N) is 1. The molecule has 2 aromatic carbocycles. The zero-order valence-electron chi connectivity index (χ0n) is 19.4. The van der Waals surface area contributed by atoms with Crippen molar-refractivity contribution in [1.29, 1.82) is 0 Å². The maximum absolute atomic E-state index is 13.0. The Balaban J connectivity index is 1.63. The van der Waals surface area contributed by atoms with Crippen LogP contribution in [0.2, 0.25) is 5.02 Å². The van der Waals surface area contributed by atoms with Crippen LogP contribution in [0.1, 0.15) is 45.8 Å². The Morgan fingerprint density at radius 1 is 1.06 bits per heavy atom. The number of likely N-dealkylation sites (N-methyl/N-ethyl adjacent to an activating group) is 1. The Hall–Kier alpha value is -3.65. The third-order valence-electron chi connectivity index (χ3n) is 5.27. The van der Waals surface area contributed by atoms with Crippen molar-refractivity contribution in [1.82, 2.24) is 20.0 Å². The molecule has 1 heterocycles. The lowest BCUT2D eigenvalue weighted by atomic mass is 10.1. The van der Waals surface area contributed by atoms with Crippen LogP contribution in [0.3, 0.4) is 0 Å². The van der Waals surface area contributed by atoms with E-state index in [0.29, 0.717) is 40.6 Å². The van der Waals surface area contributed by atoms with E-state index in [1.807, 2.05) is 19.1 Å². The lowest BCUT2D eigenvalue weighted by Crippen LogP contribution is -2.40. The number of esters is 1. The number of benzene rings is 2.